The molecule has 5 nitrogen and oxygen atoms in total. The topological polar surface area (TPSA) is 62.3 Å². The fraction of sp³-hybridized carbons (Fsp3) is 0.750. The highest BCUT2D eigenvalue weighted by Gasteiger charge is 2.27. The highest BCUT2D eigenvalue weighted by Crippen LogP contribution is 2.26. The Balaban J connectivity index is 1.92. The predicted molar refractivity (Wildman–Crippen MR) is 79.1 cm³/mol. The zero-order chi connectivity index (χ0) is 13.9. The Bertz CT molecular complexity index is 485. The number of rotatable bonds is 6. The highest BCUT2D eigenvalue weighted by atomic mass is 32.2. The van der Waals surface area contributed by atoms with Gasteiger partial charge in [0.15, 0.2) is 5.13 Å². The molecule has 108 valence electrons. The average Bonchev–Trinajstić information content (AvgIpc) is 2.95. The number of hydrogen-bond acceptors (Lipinski definition) is 5. The summed E-state index contributed by atoms with van der Waals surface area (Å²) in [5, 5.41) is 2.94. The Morgan fingerprint density at radius 1 is 1.58 bits per heavy atom. The third kappa shape index (κ3) is 4.15. The second-order valence-corrected chi connectivity index (χ2v) is 8.05. The molecule has 1 unspecified atom stereocenters. The maximum absolute atomic E-state index is 11.8. The first-order valence-corrected chi connectivity index (χ1v) is 9.14. The lowest BCUT2D eigenvalue weighted by molar-refractivity contribution is 0.555. The molecule has 0 saturated carbocycles. The van der Waals surface area contributed by atoms with Crippen LogP contribution in [0.15, 0.2) is 11.6 Å². The molecule has 1 saturated heterocycles. The van der Waals surface area contributed by atoms with E-state index < -0.39 is 10.0 Å². The number of thiazole rings is 1. The van der Waals surface area contributed by atoms with Crippen molar-refractivity contribution in [1.29, 1.82) is 0 Å². The second kappa shape index (κ2) is 6.19. The van der Waals surface area contributed by atoms with Crippen LogP contribution in [-0.2, 0) is 10.0 Å². The van der Waals surface area contributed by atoms with Crippen LogP contribution in [0, 0.1) is 5.92 Å². The van der Waals surface area contributed by atoms with Gasteiger partial charge in [0.1, 0.15) is 0 Å². The molecule has 1 atom stereocenters. The van der Waals surface area contributed by atoms with Crippen molar-refractivity contribution in [2.75, 3.05) is 23.7 Å². The Labute approximate surface area is 119 Å². The molecule has 1 fully saturated rings. The van der Waals surface area contributed by atoms with E-state index in [2.05, 4.69) is 14.6 Å². The van der Waals surface area contributed by atoms with Crippen molar-refractivity contribution in [2.24, 2.45) is 5.92 Å². The highest BCUT2D eigenvalue weighted by molar-refractivity contribution is 7.89. The zero-order valence-corrected chi connectivity index (χ0v) is 13.0. The molecule has 0 amide bonds. The number of hydrogen-bond donors (Lipinski definition) is 1. The van der Waals surface area contributed by atoms with Crippen molar-refractivity contribution in [3.63, 3.8) is 0 Å². The molecule has 1 aromatic rings. The summed E-state index contributed by atoms with van der Waals surface area (Å²) in [6.45, 7) is 5.27. The smallest absolute Gasteiger partial charge is 0.211 e. The SMILES string of the molecule is CC(C)CS(=O)(=O)NCC1CCCN1c1nccs1. The van der Waals surface area contributed by atoms with E-state index in [1.165, 1.54) is 0 Å². The van der Waals surface area contributed by atoms with Gasteiger partial charge in [0.25, 0.3) is 0 Å². The van der Waals surface area contributed by atoms with Crippen LogP contribution in [-0.4, -0.2) is 38.3 Å². The summed E-state index contributed by atoms with van der Waals surface area (Å²) in [4.78, 5) is 6.52. The van der Waals surface area contributed by atoms with Gasteiger partial charge in [0, 0.05) is 30.7 Å². The normalized spacial score (nSPS) is 20.4. The fourth-order valence-corrected chi connectivity index (χ4v) is 4.56. The maximum atomic E-state index is 11.8. The van der Waals surface area contributed by atoms with Crippen molar-refractivity contribution < 1.29 is 8.42 Å². The number of nitrogens with one attached hydrogen (secondary N) is 1. The lowest BCUT2D eigenvalue weighted by Crippen LogP contribution is -2.41. The van der Waals surface area contributed by atoms with E-state index in [9.17, 15) is 8.42 Å². The Hall–Kier alpha value is -0.660. The molecule has 7 heteroatoms. The van der Waals surface area contributed by atoms with E-state index >= 15 is 0 Å². The molecular weight excluding hydrogens is 282 g/mol. The summed E-state index contributed by atoms with van der Waals surface area (Å²) in [6.07, 6.45) is 3.90. The van der Waals surface area contributed by atoms with Crippen molar-refractivity contribution in [3.8, 4) is 0 Å². The molecule has 0 radical (unpaired) electrons. The van der Waals surface area contributed by atoms with E-state index in [1.54, 1.807) is 17.5 Å². The minimum atomic E-state index is -3.15. The molecule has 1 aliphatic rings. The monoisotopic (exact) mass is 303 g/mol. The maximum Gasteiger partial charge on any atom is 0.211 e. The van der Waals surface area contributed by atoms with Gasteiger partial charge in [0.05, 0.1) is 5.75 Å². The molecule has 0 bridgehead atoms. The molecule has 2 rings (SSSR count). The molecule has 1 aromatic heterocycles. The van der Waals surface area contributed by atoms with E-state index in [1.807, 2.05) is 19.2 Å². The fourth-order valence-electron chi connectivity index (χ4n) is 2.38. The van der Waals surface area contributed by atoms with Crippen LogP contribution in [0.25, 0.3) is 0 Å². The molecule has 2 heterocycles. The molecule has 1 aliphatic heterocycles. The summed E-state index contributed by atoms with van der Waals surface area (Å²) in [6, 6.07) is 0.230. The van der Waals surface area contributed by atoms with Gasteiger partial charge in [-0.2, -0.15) is 0 Å². The number of anilines is 1. The minimum absolute atomic E-state index is 0.149. The van der Waals surface area contributed by atoms with Gasteiger partial charge in [-0.3, -0.25) is 0 Å². The van der Waals surface area contributed by atoms with E-state index in [0.29, 0.717) is 6.54 Å². The van der Waals surface area contributed by atoms with Crippen LogP contribution in [0.2, 0.25) is 0 Å². The van der Waals surface area contributed by atoms with Crippen LogP contribution in [0.5, 0.6) is 0 Å². The predicted octanol–water partition coefficient (Wildman–Crippen LogP) is 1.69. The lowest BCUT2D eigenvalue weighted by atomic mass is 10.2. The third-order valence-electron chi connectivity index (χ3n) is 3.13. The van der Waals surface area contributed by atoms with Crippen LogP contribution in [0.3, 0.4) is 0 Å². The van der Waals surface area contributed by atoms with Crippen molar-refractivity contribution >= 4 is 26.5 Å². The standard InChI is InChI=1S/C12H21N3O2S2/c1-10(2)9-19(16,17)14-8-11-4-3-6-15(11)12-13-5-7-18-12/h5,7,10-11,14H,3-4,6,8-9H2,1-2H3. The molecule has 19 heavy (non-hydrogen) atoms. The van der Waals surface area contributed by atoms with Gasteiger partial charge < -0.3 is 4.90 Å². The average molecular weight is 303 g/mol. The first-order chi connectivity index (χ1) is 8.98. The van der Waals surface area contributed by atoms with E-state index in [4.69, 9.17) is 0 Å². The molecular formula is C12H21N3O2S2. The largest absolute Gasteiger partial charge is 0.344 e. The Morgan fingerprint density at radius 3 is 3.00 bits per heavy atom. The molecule has 0 aromatic carbocycles. The number of aromatic nitrogens is 1. The zero-order valence-electron chi connectivity index (χ0n) is 11.4. The van der Waals surface area contributed by atoms with Crippen molar-refractivity contribution in [1.82, 2.24) is 9.71 Å². The number of sulfonamides is 1. The second-order valence-electron chi connectivity index (χ2n) is 5.33. The third-order valence-corrected chi connectivity index (χ3v) is 5.65. The van der Waals surface area contributed by atoms with Crippen molar-refractivity contribution in [3.05, 3.63) is 11.6 Å². The Kier molecular flexibility index (Phi) is 4.81. The van der Waals surface area contributed by atoms with E-state index in [-0.39, 0.29) is 17.7 Å². The number of nitrogens with zero attached hydrogens (tertiary/aromatic N) is 2. The summed E-state index contributed by atoms with van der Waals surface area (Å²) < 4.78 is 26.4. The summed E-state index contributed by atoms with van der Waals surface area (Å²) in [5.74, 6) is 0.341. The van der Waals surface area contributed by atoms with Crippen LogP contribution >= 0.6 is 11.3 Å². The lowest BCUT2D eigenvalue weighted by Gasteiger charge is -2.24. The first kappa shape index (κ1) is 14.7. The van der Waals surface area contributed by atoms with Gasteiger partial charge in [-0.1, -0.05) is 13.8 Å². The van der Waals surface area contributed by atoms with Crippen LogP contribution in [0.1, 0.15) is 26.7 Å². The quantitative estimate of drug-likeness (QED) is 0.868. The van der Waals surface area contributed by atoms with Gasteiger partial charge in [-0.25, -0.2) is 18.1 Å². The summed E-state index contributed by atoms with van der Waals surface area (Å²) >= 11 is 1.61. The molecule has 1 N–H and O–H groups in total. The van der Waals surface area contributed by atoms with Crippen molar-refractivity contribution in [2.45, 2.75) is 32.7 Å². The van der Waals surface area contributed by atoms with Gasteiger partial charge >= 0.3 is 0 Å². The van der Waals surface area contributed by atoms with Gasteiger partial charge in [0.2, 0.25) is 10.0 Å². The van der Waals surface area contributed by atoms with Gasteiger partial charge in [-0.15, -0.1) is 11.3 Å². The first-order valence-electron chi connectivity index (χ1n) is 6.61. The molecule has 0 spiro atoms. The van der Waals surface area contributed by atoms with Crippen LogP contribution < -0.4 is 9.62 Å². The minimum Gasteiger partial charge on any atom is -0.344 e. The summed E-state index contributed by atoms with van der Waals surface area (Å²) in [7, 11) is -3.15. The molecule has 0 aliphatic carbocycles. The Morgan fingerprint density at radius 2 is 2.37 bits per heavy atom. The summed E-state index contributed by atoms with van der Waals surface area (Å²) in [5.41, 5.74) is 0. The van der Waals surface area contributed by atoms with E-state index in [0.717, 1.165) is 24.5 Å². The van der Waals surface area contributed by atoms with Crippen LogP contribution in [0.4, 0.5) is 5.13 Å². The van der Waals surface area contributed by atoms with Gasteiger partial charge in [-0.05, 0) is 18.8 Å².